The number of piperazine rings is 1. The molecular weight excluding hydrogens is 679 g/mol. The van der Waals surface area contributed by atoms with Crippen molar-refractivity contribution >= 4 is 23.6 Å². The Kier molecular flexibility index (Phi) is 17.7. The van der Waals surface area contributed by atoms with Crippen LogP contribution in [0.25, 0.3) is 0 Å². The van der Waals surface area contributed by atoms with Gasteiger partial charge in [0.15, 0.2) is 0 Å². The molecule has 54 heavy (non-hydrogen) atoms. The summed E-state index contributed by atoms with van der Waals surface area (Å²) in [4.78, 5) is 55.1. The zero-order valence-electron chi connectivity index (χ0n) is 31.6. The molecule has 0 aliphatic carbocycles. The third kappa shape index (κ3) is 13.0. The summed E-state index contributed by atoms with van der Waals surface area (Å²) < 4.78 is 0. The van der Waals surface area contributed by atoms with Crippen LogP contribution in [0.15, 0.2) is 157 Å². The number of rotatable bonds is 19. The number of aliphatic hydroxyl groups is 1. The van der Waals surface area contributed by atoms with E-state index in [2.05, 4.69) is 60.3 Å². The van der Waals surface area contributed by atoms with Crippen molar-refractivity contribution in [3.63, 3.8) is 0 Å². The Morgan fingerprint density at radius 3 is 2.33 bits per heavy atom. The summed E-state index contributed by atoms with van der Waals surface area (Å²) in [6, 6.07) is -1.01. The molecule has 0 aromatic carbocycles. The molecule has 0 radical (unpaired) electrons. The van der Waals surface area contributed by atoms with Crippen LogP contribution in [0.4, 0.5) is 0 Å². The highest BCUT2D eigenvalue weighted by Crippen LogP contribution is 2.27. The minimum atomic E-state index is -1.01. The molecule has 3 aliphatic rings. The number of hydrogen-bond donors (Lipinski definition) is 3. The van der Waals surface area contributed by atoms with E-state index < -0.39 is 29.7 Å². The number of carbonyl (C=O) groups is 4. The smallest absolute Gasteiger partial charge is 0.254 e. The second-order valence-corrected chi connectivity index (χ2v) is 13.0. The summed E-state index contributed by atoms with van der Waals surface area (Å²) in [5.74, 6) is -2.18. The highest BCUT2D eigenvalue weighted by molar-refractivity contribution is 6.11. The van der Waals surface area contributed by atoms with Crippen LogP contribution >= 0.6 is 0 Å². The maximum Gasteiger partial charge on any atom is 0.254 e. The van der Waals surface area contributed by atoms with E-state index in [9.17, 15) is 24.3 Å². The topological polar surface area (TPSA) is 122 Å². The first-order chi connectivity index (χ1) is 26.0. The molecule has 3 heterocycles. The van der Waals surface area contributed by atoms with Crippen molar-refractivity contribution < 1.29 is 24.3 Å². The summed E-state index contributed by atoms with van der Waals surface area (Å²) in [5.41, 5.74) is 5.38. The van der Waals surface area contributed by atoms with Gasteiger partial charge >= 0.3 is 0 Å². The molecule has 0 bridgehead atoms. The molecule has 10 heteroatoms. The number of hydrogen-bond acceptors (Lipinski definition) is 8. The number of nitrogens with one attached hydrogen (secondary N) is 2. The molecule has 3 N–H and O–H groups in total. The van der Waals surface area contributed by atoms with Crippen LogP contribution < -0.4 is 10.6 Å². The first kappa shape index (κ1) is 42.7. The van der Waals surface area contributed by atoms with Gasteiger partial charge in [-0.15, -0.1) is 0 Å². The lowest BCUT2D eigenvalue weighted by atomic mass is 9.92. The van der Waals surface area contributed by atoms with E-state index in [-0.39, 0.29) is 18.6 Å². The van der Waals surface area contributed by atoms with Crippen LogP contribution in [0, 0.1) is 0 Å². The van der Waals surface area contributed by atoms with Gasteiger partial charge in [-0.05, 0) is 84.9 Å². The number of piperidine rings is 1. The SMILES string of the molecule is C=C/C=C(C=C)/C(CC)=C(/C=C/C=C(/O)C=C)C(=C)/C=C\C(=C)N1CCN(CCCCCNC2=C/C=C/C(=O)N(C3CCC(=O)NC3=O)C(=O)\C=C\2)CC1. The predicted molar refractivity (Wildman–Crippen MR) is 218 cm³/mol. The average Bonchev–Trinajstić information content (AvgIpc) is 3.23. The van der Waals surface area contributed by atoms with Crippen LogP contribution in [0.1, 0.15) is 45.4 Å². The number of carbonyl (C=O) groups excluding carboxylic acids is 4. The van der Waals surface area contributed by atoms with Gasteiger partial charge in [0, 0.05) is 62.7 Å². The first-order valence-electron chi connectivity index (χ1n) is 18.5. The molecule has 3 rings (SSSR count). The molecule has 1 atom stereocenters. The first-order valence-corrected chi connectivity index (χ1v) is 18.5. The number of allylic oxidation sites excluding steroid dienone is 16. The Morgan fingerprint density at radius 1 is 0.926 bits per heavy atom. The van der Waals surface area contributed by atoms with Gasteiger partial charge in [-0.3, -0.25) is 34.3 Å². The van der Waals surface area contributed by atoms with Crippen molar-refractivity contribution in [3.05, 3.63) is 157 Å². The van der Waals surface area contributed by atoms with E-state index in [1.807, 2.05) is 30.4 Å². The molecule has 10 nitrogen and oxygen atoms in total. The van der Waals surface area contributed by atoms with Gasteiger partial charge in [0.2, 0.25) is 11.8 Å². The molecule has 1 unspecified atom stereocenters. The summed E-state index contributed by atoms with van der Waals surface area (Å²) in [7, 11) is 0. The normalized spacial score (nSPS) is 21.7. The van der Waals surface area contributed by atoms with Gasteiger partial charge in [0.25, 0.3) is 11.8 Å². The second kappa shape index (κ2) is 22.4. The number of nitrogens with zero attached hydrogens (tertiary/aromatic N) is 3. The number of imide groups is 2. The van der Waals surface area contributed by atoms with E-state index >= 15 is 0 Å². The Labute approximate surface area is 320 Å². The standard InChI is InChI=1S/C44H55N5O5/c1-7-16-35(8-2)38(10-4)39(19-15-18-37(50)9-3)33(5)21-22-34(6)48-31-29-47(30-32-48)28-13-11-12-27-45-36-17-14-20-42(52)49(43(53)26-23-36)40-24-25-41(51)46-44(40)54/h7-9,14-23,26,40,45,50H,1-3,5-6,10-13,24-25,27-32H2,4H3,(H,46,51,54)/b19-15+,20-14+,22-21-,26-23+,35-16+,36-17+,37-18+,39-38-. The summed E-state index contributed by atoms with van der Waals surface area (Å²) in [6.45, 7) is 27.5. The highest BCUT2D eigenvalue weighted by atomic mass is 16.3. The average molecular weight is 734 g/mol. The second-order valence-electron chi connectivity index (χ2n) is 13.0. The van der Waals surface area contributed by atoms with E-state index in [4.69, 9.17) is 0 Å². The van der Waals surface area contributed by atoms with Gasteiger partial charge in [-0.2, -0.15) is 0 Å². The lowest BCUT2D eigenvalue weighted by molar-refractivity contribution is -0.150. The fourth-order valence-electron chi connectivity index (χ4n) is 6.28. The van der Waals surface area contributed by atoms with E-state index in [0.29, 0.717) is 12.2 Å². The largest absolute Gasteiger partial charge is 0.508 e. The monoisotopic (exact) mass is 733 g/mol. The van der Waals surface area contributed by atoms with Gasteiger partial charge in [0.1, 0.15) is 11.8 Å². The Bertz CT molecular complexity index is 1730. The third-order valence-corrected chi connectivity index (χ3v) is 9.28. The maximum absolute atomic E-state index is 12.9. The van der Waals surface area contributed by atoms with Crippen LogP contribution in [-0.2, 0) is 19.2 Å². The Balaban J connectivity index is 1.45. The number of aliphatic hydroxyl groups excluding tert-OH is 1. The van der Waals surface area contributed by atoms with Gasteiger partial charge in [-0.25, -0.2) is 0 Å². The fourth-order valence-corrected chi connectivity index (χ4v) is 6.28. The van der Waals surface area contributed by atoms with Gasteiger partial charge in [0.05, 0.1) is 0 Å². The minimum absolute atomic E-state index is 0.0710. The zero-order chi connectivity index (χ0) is 39.5. The lowest BCUT2D eigenvalue weighted by Crippen LogP contribution is -2.55. The van der Waals surface area contributed by atoms with Crippen molar-refractivity contribution in [2.45, 2.75) is 51.5 Å². The van der Waals surface area contributed by atoms with Crippen LogP contribution in [-0.4, -0.2) is 88.7 Å². The molecule has 2 saturated heterocycles. The molecule has 286 valence electrons. The molecule has 4 amide bonds. The third-order valence-electron chi connectivity index (χ3n) is 9.28. The number of amides is 4. The van der Waals surface area contributed by atoms with Crippen LogP contribution in [0.2, 0.25) is 0 Å². The predicted octanol–water partition coefficient (Wildman–Crippen LogP) is 6.35. The molecule has 2 fully saturated rings. The molecule has 0 aromatic heterocycles. The van der Waals surface area contributed by atoms with E-state index in [1.54, 1.807) is 36.5 Å². The van der Waals surface area contributed by atoms with Crippen LogP contribution in [0.3, 0.4) is 0 Å². The summed E-state index contributed by atoms with van der Waals surface area (Å²) in [6.07, 6.45) is 27.5. The van der Waals surface area contributed by atoms with Gasteiger partial charge in [-0.1, -0.05) is 88.8 Å². The fraction of sp³-hybridized carbons (Fsp3) is 0.318. The van der Waals surface area contributed by atoms with Crippen molar-refractivity contribution in [1.82, 2.24) is 25.3 Å². The molecule has 0 aromatic rings. The van der Waals surface area contributed by atoms with Crippen molar-refractivity contribution in [3.8, 4) is 0 Å². The molecule has 0 saturated carbocycles. The van der Waals surface area contributed by atoms with Gasteiger partial charge < -0.3 is 15.3 Å². The Hall–Kier alpha value is -5.74. The van der Waals surface area contributed by atoms with E-state index in [0.717, 1.165) is 91.3 Å². The van der Waals surface area contributed by atoms with Crippen LogP contribution in [0.5, 0.6) is 0 Å². The summed E-state index contributed by atoms with van der Waals surface area (Å²) >= 11 is 0. The van der Waals surface area contributed by atoms with Crippen molar-refractivity contribution in [2.24, 2.45) is 0 Å². The minimum Gasteiger partial charge on any atom is -0.508 e. The molecule has 3 aliphatic heterocycles. The number of unbranched alkanes of at least 4 members (excludes halogenated alkanes) is 2. The summed E-state index contributed by atoms with van der Waals surface area (Å²) in [5, 5.41) is 15.4. The maximum atomic E-state index is 12.9. The zero-order valence-corrected chi connectivity index (χ0v) is 31.6. The lowest BCUT2D eigenvalue weighted by Gasteiger charge is -2.36. The molecule has 0 spiro atoms. The van der Waals surface area contributed by atoms with E-state index in [1.165, 1.54) is 18.2 Å². The quantitative estimate of drug-likeness (QED) is 0.0608. The molecular formula is C44H55N5O5. The van der Waals surface area contributed by atoms with Crippen molar-refractivity contribution in [2.75, 3.05) is 39.3 Å². The Morgan fingerprint density at radius 2 is 1.67 bits per heavy atom. The van der Waals surface area contributed by atoms with Crippen molar-refractivity contribution in [1.29, 1.82) is 0 Å². The highest BCUT2D eigenvalue weighted by Gasteiger charge is 2.36.